The quantitative estimate of drug-likeness (QED) is 0.748. The van der Waals surface area contributed by atoms with Gasteiger partial charge in [-0.3, -0.25) is 14.5 Å². The number of nitrogens with zero attached hydrogens (tertiary/aromatic N) is 2. The van der Waals surface area contributed by atoms with Crippen LogP contribution in [0.1, 0.15) is 31.7 Å². The van der Waals surface area contributed by atoms with Crippen molar-refractivity contribution in [2.45, 2.75) is 31.7 Å². The Labute approximate surface area is 176 Å². The van der Waals surface area contributed by atoms with E-state index in [1.807, 2.05) is 42.5 Å². The summed E-state index contributed by atoms with van der Waals surface area (Å²) in [5.74, 6) is -0.835. The smallest absolute Gasteiger partial charge is 0.325 e. The van der Waals surface area contributed by atoms with Gasteiger partial charge in [-0.15, -0.1) is 0 Å². The number of piperidine rings is 1. The highest BCUT2D eigenvalue weighted by molar-refractivity contribution is 6.10. The lowest BCUT2D eigenvalue weighted by Crippen LogP contribution is -2.42. The number of carbonyl (C=O) groups is 3. The lowest BCUT2D eigenvalue weighted by atomic mass is 9.92. The summed E-state index contributed by atoms with van der Waals surface area (Å²) in [6.45, 7) is 3.23. The fourth-order valence-corrected chi connectivity index (χ4v) is 4.13. The minimum absolute atomic E-state index is 0.332. The van der Waals surface area contributed by atoms with Crippen LogP contribution < -0.4 is 15.5 Å². The summed E-state index contributed by atoms with van der Waals surface area (Å²) in [6.07, 6.45) is 3.48. The minimum Gasteiger partial charge on any atom is -0.370 e. The van der Waals surface area contributed by atoms with Crippen molar-refractivity contribution in [2.24, 2.45) is 0 Å². The number of urea groups is 1. The summed E-state index contributed by atoms with van der Waals surface area (Å²) in [7, 11) is 0. The number of hydrogen-bond donors (Lipinski definition) is 2. The van der Waals surface area contributed by atoms with Crippen LogP contribution in [-0.2, 0) is 15.1 Å². The molecule has 7 heteroatoms. The van der Waals surface area contributed by atoms with Crippen molar-refractivity contribution < 1.29 is 14.4 Å². The molecule has 0 radical (unpaired) electrons. The zero-order chi connectivity index (χ0) is 21.1. The number of para-hydroxylation sites is 2. The predicted octanol–water partition coefficient (Wildman–Crippen LogP) is 3.08. The lowest BCUT2D eigenvalue weighted by molar-refractivity contribution is -0.133. The molecule has 0 bridgehead atoms. The summed E-state index contributed by atoms with van der Waals surface area (Å²) in [5.41, 5.74) is 1.17. The molecule has 4 rings (SSSR count). The Hall–Kier alpha value is -3.35. The highest BCUT2D eigenvalue weighted by Gasteiger charge is 2.49. The molecule has 2 aliphatic heterocycles. The SMILES string of the molecule is C[C@@]1(c2ccccc2)NC(=O)N(CC(=O)Nc2ccccc2N2CCCCC2)C1=O. The van der Waals surface area contributed by atoms with E-state index in [2.05, 4.69) is 15.5 Å². The predicted molar refractivity (Wildman–Crippen MR) is 115 cm³/mol. The van der Waals surface area contributed by atoms with Crippen molar-refractivity contribution >= 4 is 29.2 Å². The molecule has 2 aliphatic rings. The first kappa shape index (κ1) is 19.9. The molecular weight excluding hydrogens is 380 g/mol. The Kier molecular flexibility index (Phi) is 5.44. The van der Waals surface area contributed by atoms with Crippen molar-refractivity contribution in [3.8, 4) is 0 Å². The van der Waals surface area contributed by atoms with Gasteiger partial charge in [0.15, 0.2) is 0 Å². The van der Waals surface area contributed by atoms with Gasteiger partial charge in [-0.05, 0) is 43.9 Å². The molecule has 2 aromatic rings. The van der Waals surface area contributed by atoms with Gasteiger partial charge in [0.2, 0.25) is 5.91 Å². The fourth-order valence-electron chi connectivity index (χ4n) is 4.13. The minimum atomic E-state index is -1.18. The van der Waals surface area contributed by atoms with Crippen LogP contribution in [-0.4, -0.2) is 42.4 Å². The number of hydrogen-bond acceptors (Lipinski definition) is 4. The average Bonchev–Trinajstić information content (AvgIpc) is 2.99. The molecule has 2 N–H and O–H groups in total. The zero-order valence-electron chi connectivity index (χ0n) is 17.1. The Morgan fingerprint density at radius 3 is 2.40 bits per heavy atom. The molecular formula is C23H26N4O3. The molecule has 2 heterocycles. The van der Waals surface area contributed by atoms with Gasteiger partial charge in [0.05, 0.1) is 11.4 Å². The van der Waals surface area contributed by atoms with Crippen LogP contribution in [0.5, 0.6) is 0 Å². The maximum absolute atomic E-state index is 13.0. The van der Waals surface area contributed by atoms with Gasteiger partial charge in [0, 0.05) is 13.1 Å². The van der Waals surface area contributed by atoms with Gasteiger partial charge < -0.3 is 15.5 Å². The zero-order valence-corrected chi connectivity index (χ0v) is 17.1. The van der Waals surface area contributed by atoms with Gasteiger partial charge in [-0.2, -0.15) is 0 Å². The van der Waals surface area contributed by atoms with Crippen LogP contribution >= 0.6 is 0 Å². The van der Waals surface area contributed by atoms with E-state index in [4.69, 9.17) is 0 Å². The Balaban J connectivity index is 1.47. The number of amides is 4. The largest absolute Gasteiger partial charge is 0.370 e. The van der Waals surface area contributed by atoms with E-state index in [1.165, 1.54) is 6.42 Å². The highest BCUT2D eigenvalue weighted by atomic mass is 16.2. The first-order valence-corrected chi connectivity index (χ1v) is 10.3. The fraction of sp³-hybridized carbons (Fsp3) is 0.348. The van der Waals surface area contributed by atoms with Crippen molar-refractivity contribution in [1.82, 2.24) is 10.2 Å². The highest BCUT2D eigenvalue weighted by Crippen LogP contribution is 2.30. The molecule has 4 amide bonds. The molecule has 2 aromatic carbocycles. The Morgan fingerprint density at radius 2 is 1.67 bits per heavy atom. The Morgan fingerprint density at radius 1 is 1.00 bits per heavy atom. The molecule has 2 saturated heterocycles. The maximum Gasteiger partial charge on any atom is 0.325 e. The van der Waals surface area contributed by atoms with E-state index in [0.717, 1.165) is 36.5 Å². The van der Waals surface area contributed by atoms with Crippen LogP contribution in [0.3, 0.4) is 0 Å². The van der Waals surface area contributed by atoms with E-state index in [1.54, 1.807) is 19.1 Å². The summed E-state index contributed by atoms with van der Waals surface area (Å²) in [4.78, 5) is 41.5. The van der Waals surface area contributed by atoms with E-state index in [9.17, 15) is 14.4 Å². The number of imide groups is 1. The molecule has 7 nitrogen and oxygen atoms in total. The second kappa shape index (κ2) is 8.18. The maximum atomic E-state index is 13.0. The first-order chi connectivity index (χ1) is 14.5. The summed E-state index contributed by atoms with van der Waals surface area (Å²) >= 11 is 0. The molecule has 1 atom stereocenters. The van der Waals surface area contributed by atoms with Crippen LogP contribution in [0.15, 0.2) is 54.6 Å². The van der Waals surface area contributed by atoms with Gasteiger partial charge in [-0.25, -0.2) is 4.79 Å². The molecule has 2 fully saturated rings. The topological polar surface area (TPSA) is 81.8 Å². The van der Waals surface area contributed by atoms with Gasteiger partial charge >= 0.3 is 6.03 Å². The summed E-state index contributed by atoms with van der Waals surface area (Å²) < 4.78 is 0. The van der Waals surface area contributed by atoms with Crippen LogP contribution in [0.4, 0.5) is 16.2 Å². The number of rotatable bonds is 5. The van der Waals surface area contributed by atoms with Crippen molar-refractivity contribution in [3.05, 3.63) is 60.2 Å². The summed E-state index contributed by atoms with van der Waals surface area (Å²) in [6, 6.07) is 16.1. The molecule has 0 aliphatic carbocycles. The molecule has 0 aromatic heterocycles. The second-order valence-corrected chi connectivity index (χ2v) is 7.93. The van der Waals surface area contributed by atoms with Crippen molar-refractivity contribution in [2.75, 3.05) is 29.9 Å². The first-order valence-electron chi connectivity index (χ1n) is 10.3. The van der Waals surface area contributed by atoms with Crippen molar-refractivity contribution in [1.29, 1.82) is 0 Å². The standard InChI is InChI=1S/C23H26N4O3/c1-23(17-10-4-2-5-11-17)21(29)27(22(30)25-23)16-20(28)24-18-12-6-7-13-19(18)26-14-8-3-9-15-26/h2,4-7,10-13H,3,8-9,14-16H2,1H3,(H,24,28)(H,25,30)/t23-/m0/s1. The third-order valence-corrected chi connectivity index (χ3v) is 5.80. The second-order valence-electron chi connectivity index (χ2n) is 7.93. The Bertz CT molecular complexity index is 956. The molecule has 0 spiro atoms. The third kappa shape index (κ3) is 3.75. The lowest BCUT2D eigenvalue weighted by Gasteiger charge is -2.30. The van der Waals surface area contributed by atoms with Gasteiger partial charge in [0.25, 0.3) is 5.91 Å². The molecule has 0 unspecified atom stereocenters. The van der Waals surface area contributed by atoms with Crippen LogP contribution in [0, 0.1) is 0 Å². The normalized spacial score (nSPS) is 21.5. The number of benzene rings is 2. The average molecular weight is 406 g/mol. The number of nitrogens with one attached hydrogen (secondary N) is 2. The van der Waals surface area contributed by atoms with Crippen LogP contribution in [0.25, 0.3) is 0 Å². The number of anilines is 2. The number of carbonyl (C=O) groups excluding carboxylic acids is 3. The van der Waals surface area contributed by atoms with Gasteiger partial charge in [0.1, 0.15) is 12.1 Å². The molecule has 0 saturated carbocycles. The monoisotopic (exact) mass is 406 g/mol. The molecule has 156 valence electrons. The van der Waals surface area contributed by atoms with E-state index in [-0.39, 0.29) is 6.54 Å². The third-order valence-electron chi connectivity index (χ3n) is 5.80. The van der Waals surface area contributed by atoms with E-state index < -0.39 is 23.4 Å². The summed E-state index contributed by atoms with van der Waals surface area (Å²) in [5, 5.41) is 5.62. The van der Waals surface area contributed by atoms with Crippen LogP contribution in [0.2, 0.25) is 0 Å². The van der Waals surface area contributed by atoms with E-state index in [0.29, 0.717) is 11.3 Å². The molecule has 30 heavy (non-hydrogen) atoms. The van der Waals surface area contributed by atoms with Gasteiger partial charge in [-0.1, -0.05) is 42.5 Å². The van der Waals surface area contributed by atoms with E-state index >= 15 is 0 Å². The van der Waals surface area contributed by atoms with Crippen molar-refractivity contribution in [3.63, 3.8) is 0 Å².